The second kappa shape index (κ2) is 10.3. The third kappa shape index (κ3) is 6.62. The maximum atomic E-state index is 12.4. The Morgan fingerprint density at radius 3 is 2.42 bits per heavy atom. The Balaban J connectivity index is 1.55. The van der Waals surface area contributed by atoms with Gasteiger partial charge in [-0.25, -0.2) is 4.98 Å². The molecule has 0 aliphatic carbocycles. The lowest BCUT2D eigenvalue weighted by Gasteiger charge is -2.19. The second-order valence-electron chi connectivity index (χ2n) is 8.90. The van der Waals surface area contributed by atoms with Crippen LogP contribution in [0.3, 0.4) is 0 Å². The zero-order chi connectivity index (χ0) is 24.0. The van der Waals surface area contributed by atoms with Crippen molar-refractivity contribution >= 4 is 17.5 Å². The average Bonchev–Trinajstić information content (AvgIpc) is 2.78. The Bertz CT molecular complexity index is 1190. The smallest absolute Gasteiger partial charge is 0.251 e. The van der Waals surface area contributed by atoms with Gasteiger partial charge in [0, 0.05) is 41.5 Å². The van der Waals surface area contributed by atoms with E-state index < -0.39 is 0 Å². The Kier molecular flexibility index (Phi) is 7.43. The van der Waals surface area contributed by atoms with Crippen molar-refractivity contribution in [2.75, 3.05) is 11.9 Å². The van der Waals surface area contributed by atoms with E-state index in [1.165, 1.54) is 6.07 Å². The summed E-state index contributed by atoms with van der Waals surface area (Å²) >= 11 is 0. The molecule has 1 heterocycles. The fourth-order valence-electron chi connectivity index (χ4n) is 3.31. The number of aromatic amines is 1. The van der Waals surface area contributed by atoms with Crippen molar-refractivity contribution in [2.24, 2.45) is 0 Å². The molecule has 0 radical (unpaired) electrons. The molecular weight excluding hydrogens is 416 g/mol. The lowest BCUT2D eigenvalue weighted by atomic mass is 9.87. The number of H-pyrrole nitrogens is 1. The van der Waals surface area contributed by atoms with Crippen LogP contribution in [0, 0.1) is 0 Å². The summed E-state index contributed by atoms with van der Waals surface area (Å²) in [7, 11) is 0. The number of aromatic nitrogens is 2. The number of carbonyl (C=O) groups excluding carboxylic acids is 2. The summed E-state index contributed by atoms with van der Waals surface area (Å²) in [6.45, 7) is 8.51. The number of carbonyl (C=O) groups is 2. The number of hydrogen-bond acceptors (Lipinski definition) is 4. The molecule has 0 unspecified atom stereocenters. The maximum absolute atomic E-state index is 12.4. The third-order valence-corrected chi connectivity index (χ3v) is 5.23. The molecule has 33 heavy (non-hydrogen) atoms. The average molecular weight is 447 g/mol. The molecule has 7 heteroatoms. The molecule has 3 aromatic rings. The molecule has 3 rings (SSSR count). The summed E-state index contributed by atoms with van der Waals surface area (Å²) in [5.41, 5.74) is 3.52. The highest BCUT2D eigenvalue weighted by Gasteiger charge is 2.14. The van der Waals surface area contributed by atoms with Crippen LogP contribution in [0.15, 0.2) is 59.4 Å². The fourth-order valence-corrected chi connectivity index (χ4v) is 3.31. The monoisotopic (exact) mass is 446 g/mol. The van der Waals surface area contributed by atoms with Crippen LogP contribution in [-0.4, -0.2) is 28.3 Å². The predicted octanol–water partition coefficient (Wildman–Crippen LogP) is 4.06. The van der Waals surface area contributed by atoms with Crippen molar-refractivity contribution in [3.05, 3.63) is 81.8 Å². The van der Waals surface area contributed by atoms with Gasteiger partial charge in [-0.15, -0.1) is 0 Å². The number of aryl methyl sites for hydroxylation is 1. The quantitative estimate of drug-likeness (QED) is 0.509. The molecule has 172 valence electrons. The molecule has 3 N–H and O–H groups in total. The van der Waals surface area contributed by atoms with E-state index in [1.807, 2.05) is 25.1 Å². The molecular formula is C26H30N4O3. The Labute approximate surface area is 193 Å². The molecule has 0 saturated heterocycles. The first-order valence-electron chi connectivity index (χ1n) is 11.0. The van der Waals surface area contributed by atoms with E-state index in [0.717, 1.165) is 5.56 Å². The van der Waals surface area contributed by atoms with Crippen LogP contribution in [0.4, 0.5) is 5.69 Å². The number of nitrogens with zero attached hydrogens (tertiary/aromatic N) is 1. The summed E-state index contributed by atoms with van der Waals surface area (Å²) in [4.78, 5) is 43.7. The van der Waals surface area contributed by atoms with Crippen molar-refractivity contribution in [2.45, 2.75) is 46.0 Å². The van der Waals surface area contributed by atoms with Gasteiger partial charge in [-0.3, -0.25) is 14.4 Å². The molecule has 0 aliphatic heterocycles. The molecule has 0 saturated carbocycles. The van der Waals surface area contributed by atoms with Crippen molar-refractivity contribution < 1.29 is 9.59 Å². The number of hydrogen-bond donors (Lipinski definition) is 3. The maximum Gasteiger partial charge on any atom is 0.251 e. The zero-order valence-corrected chi connectivity index (χ0v) is 19.5. The Morgan fingerprint density at radius 2 is 1.76 bits per heavy atom. The minimum absolute atomic E-state index is 0.0224. The van der Waals surface area contributed by atoms with Crippen LogP contribution in [0.1, 0.15) is 55.7 Å². The van der Waals surface area contributed by atoms with Crippen LogP contribution in [0.5, 0.6) is 0 Å². The Hall–Kier alpha value is -3.74. The lowest BCUT2D eigenvalue weighted by Crippen LogP contribution is -2.27. The van der Waals surface area contributed by atoms with Gasteiger partial charge in [-0.2, -0.15) is 0 Å². The first-order valence-corrected chi connectivity index (χ1v) is 11.0. The third-order valence-electron chi connectivity index (χ3n) is 5.23. The van der Waals surface area contributed by atoms with E-state index in [1.54, 1.807) is 30.3 Å². The van der Waals surface area contributed by atoms with Crippen LogP contribution < -0.4 is 16.2 Å². The van der Waals surface area contributed by atoms with Crippen LogP contribution in [0.2, 0.25) is 0 Å². The number of rotatable bonds is 7. The van der Waals surface area contributed by atoms with Gasteiger partial charge >= 0.3 is 0 Å². The largest absolute Gasteiger partial charge is 0.352 e. The normalized spacial score (nSPS) is 11.2. The van der Waals surface area contributed by atoms with Crippen LogP contribution in [-0.2, 0) is 16.6 Å². The first-order chi connectivity index (χ1) is 15.7. The molecule has 0 bridgehead atoms. The minimum atomic E-state index is -0.223. The van der Waals surface area contributed by atoms with Gasteiger partial charge < -0.3 is 15.6 Å². The predicted molar refractivity (Wildman–Crippen MR) is 130 cm³/mol. The molecule has 2 amide bonds. The number of nitrogens with one attached hydrogen (secondary N) is 3. The first kappa shape index (κ1) is 23.9. The van der Waals surface area contributed by atoms with Gasteiger partial charge in [0.15, 0.2) is 0 Å². The second-order valence-corrected chi connectivity index (χ2v) is 8.90. The number of amides is 2. The van der Waals surface area contributed by atoms with Crippen molar-refractivity contribution in [1.82, 2.24) is 15.3 Å². The lowest BCUT2D eigenvalue weighted by molar-refractivity contribution is -0.116. The molecule has 1 aromatic heterocycles. The van der Waals surface area contributed by atoms with E-state index in [-0.39, 0.29) is 35.8 Å². The van der Waals surface area contributed by atoms with E-state index in [2.05, 4.69) is 41.4 Å². The van der Waals surface area contributed by atoms with Gasteiger partial charge in [-0.1, -0.05) is 52.0 Å². The molecule has 7 nitrogen and oxygen atoms in total. The van der Waals surface area contributed by atoms with E-state index in [9.17, 15) is 14.4 Å². The van der Waals surface area contributed by atoms with Gasteiger partial charge in [-0.05, 0) is 41.7 Å². The van der Waals surface area contributed by atoms with Crippen LogP contribution >= 0.6 is 0 Å². The Morgan fingerprint density at radius 1 is 1.03 bits per heavy atom. The highest BCUT2D eigenvalue weighted by Crippen LogP contribution is 2.22. The summed E-state index contributed by atoms with van der Waals surface area (Å²) in [6, 6.07) is 16.1. The highest BCUT2D eigenvalue weighted by molar-refractivity contribution is 5.95. The van der Waals surface area contributed by atoms with E-state index in [4.69, 9.17) is 0 Å². The topological polar surface area (TPSA) is 104 Å². The van der Waals surface area contributed by atoms with Gasteiger partial charge in [0.2, 0.25) is 5.91 Å². The van der Waals surface area contributed by atoms with Crippen molar-refractivity contribution in [1.29, 1.82) is 0 Å². The molecule has 2 aromatic carbocycles. The van der Waals surface area contributed by atoms with Crippen molar-refractivity contribution in [3.63, 3.8) is 0 Å². The molecule has 0 spiro atoms. The minimum Gasteiger partial charge on any atom is -0.352 e. The number of anilines is 1. The summed E-state index contributed by atoms with van der Waals surface area (Å²) in [6.07, 6.45) is 0.788. The molecule has 0 atom stereocenters. The standard InChI is InChI=1S/C26H30N4O3/c1-5-20-16-23(32)30-24(29-20)18-7-6-8-21(15-18)28-22(31)13-14-27-25(33)17-9-11-19(12-10-17)26(2,3)4/h6-12,15-16H,5,13-14H2,1-4H3,(H,27,33)(H,28,31)(H,29,30,32). The molecule has 0 aliphatic rings. The van der Waals surface area contributed by atoms with Gasteiger partial charge in [0.1, 0.15) is 5.82 Å². The SMILES string of the molecule is CCc1cc(=O)[nH]c(-c2cccc(NC(=O)CCNC(=O)c3ccc(C(C)(C)C)cc3)c2)n1. The van der Waals surface area contributed by atoms with Gasteiger partial charge in [0.25, 0.3) is 11.5 Å². The highest BCUT2D eigenvalue weighted by atomic mass is 16.2. The summed E-state index contributed by atoms with van der Waals surface area (Å²) in [5, 5.41) is 5.60. The number of benzene rings is 2. The summed E-state index contributed by atoms with van der Waals surface area (Å²) < 4.78 is 0. The van der Waals surface area contributed by atoms with E-state index in [0.29, 0.717) is 34.8 Å². The zero-order valence-electron chi connectivity index (χ0n) is 19.5. The van der Waals surface area contributed by atoms with Crippen molar-refractivity contribution in [3.8, 4) is 11.4 Å². The summed E-state index contributed by atoms with van der Waals surface area (Å²) in [5.74, 6) is 0.0237. The molecule has 0 fully saturated rings. The van der Waals surface area contributed by atoms with Crippen LogP contribution in [0.25, 0.3) is 11.4 Å². The van der Waals surface area contributed by atoms with Gasteiger partial charge in [0.05, 0.1) is 0 Å². The fraction of sp³-hybridized carbons (Fsp3) is 0.308. The van der Waals surface area contributed by atoms with E-state index >= 15 is 0 Å².